The number of para-hydroxylation sites is 1. The zero-order valence-electron chi connectivity index (χ0n) is 21.1. The summed E-state index contributed by atoms with van der Waals surface area (Å²) in [5, 5.41) is 7.09. The Morgan fingerprint density at radius 3 is 2.23 bits per heavy atom. The molecule has 0 bridgehead atoms. The summed E-state index contributed by atoms with van der Waals surface area (Å²) < 4.78 is 63.4. The SMILES string of the molecule is COC(=O)c1nn(-c2ccccc2)c2c1[C@@](c1ccc(OC)cc1)(C(F)(F)F)N=C(Nc1ccc(C)cc1)O2. The number of amidine groups is 1. The second kappa shape index (κ2) is 9.82. The number of rotatable bonds is 5. The van der Waals surface area contributed by atoms with Gasteiger partial charge in [0.25, 0.3) is 6.02 Å². The predicted octanol–water partition coefficient (Wildman–Crippen LogP) is 5.64. The van der Waals surface area contributed by atoms with Crippen LogP contribution in [0.3, 0.4) is 0 Å². The van der Waals surface area contributed by atoms with Gasteiger partial charge in [-0.05, 0) is 48.9 Å². The number of carbonyl (C=O) groups excluding carboxylic acids is 1. The van der Waals surface area contributed by atoms with Crippen molar-refractivity contribution in [2.75, 3.05) is 19.5 Å². The number of aliphatic imine (C=N–C) groups is 1. The lowest BCUT2D eigenvalue weighted by molar-refractivity contribution is -0.177. The van der Waals surface area contributed by atoms with Crippen molar-refractivity contribution in [1.29, 1.82) is 0 Å². The van der Waals surface area contributed by atoms with Gasteiger partial charge in [0, 0.05) is 5.69 Å². The molecule has 1 aliphatic heterocycles. The summed E-state index contributed by atoms with van der Waals surface area (Å²) in [5.74, 6) is -1.06. The van der Waals surface area contributed by atoms with E-state index in [1.807, 2.05) is 6.92 Å². The van der Waals surface area contributed by atoms with Crippen molar-refractivity contribution in [2.45, 2.75) is 18.6 Å². The number of hydrogen-bond acceptors (Lipinski definition) is 7. The van der Waals surface area contributed by atoms with E-state index in [4.69, 9.17) is 14.2 Å². The van der Waals surface area contributed by atoms with Gasteiger partial charge in [-0.1, -0.05) is 48.0 Å². The van der Waals surface area contributed by atoms with Gasteiger partial charge in [0.05, 0.1) is 25.5 Å². The summed E-state index contributed by atoms with van der Waals surface area (Å²) in [6.45, 7) is 1.88. The van der Waals surface area contributed by atoms with Crippen molar-refractivity contribution in [2.24, 2.45) is 4.99 Å². The number of nitrogens with one attached hydrogen (secondary N) is 1. The van der Waals surface area contributed by atoms with Crippen LogP contribution in [-0.2, 0) is 10.3 Å². The van der Waals surface area contributed by atoms with E-state index in [2.05, 4.69) is 15.4 Å². The summed E-state index contributed by atoms with van der Waals surface area (Å²) >= 11 is 0. The third kappa shape index (κ3) is 4.45. The van der Waals surface area contributed by atoms with Crippen LogP contribution in [0.25, 0.3) is 5.69 Å². The molecule has 0 spiro atoms. The maximum absolute atomic E-state index is 15.5. The summed E-state index contributed by atoms with van der Waals surface area (Å²) in [6, 6.07) is 20.2. The summed E-state index contributed by atoms with van der Waals surface area (Å²) in [6.07, 6.45) is -5.05. The number of benzene rings is 3. The van der Waals surface area contributed by atoms with Gasteiger partial charge in [-0.2, -0.15) is 23.0 Å². The lowest BCUT2D eigenvalue weighted by Gasteiger charge is -2.36. The standard InChI is InChI=1S/C28H23F3N4O4/c1-17-9-13-19(14-10-17)32-26-33-27(28(29,30)31,18-11-15-21(37-2)16-12-18)22-23(25(36)38-3)34-35(24(22)39-26)20-7-5-4-6-8-20/h4-16H,1-3H3,(H,32,33)/t27-/m0/s1. The van der Waals surface area contributed by atoms with E-state index in [9.17, 15) is 4.79 Å². The number of aryl methyl sites for hydroxylation is 1. The molecule has 2 heterocycles. The van der Waals surface area contributed by atoms with Crippen LogP contribution in [0.15, 0.2) is 83.9 Å². The van der Waals surface area contributed by atoms with E-state index >= 15 is 13.2 Å². The Labute approximate surface area is 221 Å². The van der Waals surface area contributed by atoms with Crippen molar-refractivity contribution < 1.29 is 32.2 Å². The number of halogens is 3. The Balaban J connectivity index is 1.84. The maximum Gasteiger partial charge on any atom is 0.422 e. The van der Waals surface area contributed by atoms with Crippen molar-refractivity contribution in [1.82, 2.24) is 9.78 Å². The molecule has 11 heteroatoms. The van der Waals surface area contributed by atoms with Gasteiger partial charge < -0.3 is 19.5 Å². The zero-order valence-corrected chi connectivity index (χ0v) is 21.1. The van der Waals surface area contributed by atoms with E-state index in [1.54, 1.807) is 54.6 Å². The second-order valence-electron chi connectivity index (χ2n) is 8.71. The molecule has 0 saturated heterocycles. The van der Waals surface area contributed by atoms with Crippen molar-refractivity contribution >= 4 is 17.7 Å². The Kier molecular flexibility index (Phi) is 6.51. The Morgan fingerprint density at radius 1 is 0.974 bits per heavy atom. The van der Waals surface area contributed by atoms with Crippen LogP contribution in [-0.4, -0.2) is 42.2 Å². The Bertz CT molecular complexity index is 1530. The van der Waals surface area contributed by atoms with Gasteiger partial charge in [0.1, 0.15) is 5.75 Å². The van der Waals surface area contributed by atoms with Gasteiger partial charge in [-0.3, -0.25) is 0 Å². The fourth-order valence-electron chi connectivity index (χ4n) is 4.35. The molecular formula is C28H23F3N4O4. The van der Waals surface area contributed by atoms with Gasteiger partial charge in [0.15, 0.2) is 5.69 Å². The lowest BCUT2D eigenvalue weighted by Crippen LogP contribution is -2.47. The van der Waals surface area contributed by atoms with Crippen LogP contribution >= 0.6 is 0 Å². The molecule has 39 heavy (non-hydrogen) atoms. The first-order chi connectivity index (χ1) is 18.7. The molecule has 3 aromatic carbocycles. The molecule has 1 atom stereocenters. The Morgan fingerprint density at radius 2 is 1.64 bits per heavy atom. The first kappa shape index (κ1) is 25.8. The molecule has 1 aromatic heterocycles. The summed E-state index contributed by atoms with van der Waals surface area (Å²) in [5.41, 5.74) is -2.76. The monoisotopic (exact) mass is 536 g/mol. The average Bonchev–Trinajstić information content (AvgIpc) is 3.33. The topological polar surface area (TPSA) is 87.0 Å². The third-order valence-electron chi connectivity index (χ3n) is 6.27. The number of alkyl halides is 3. The van der Waals surface area contributed by atoms with Gasteiger partial charge in [-0.25, -0.2) is 9.79 Å². The first-order valence-corrected chi connectivity index (χ1v) is 11.8. The number of anilines is 1. The average molecular weight is 537 g/mol. The fraction of sp³-hybridized carbons (Fsp3) is 0.179. The van der Waals surface area contributed by atoms with Crippen LogP contribution in [0.5, 0.6) is 11.6 Å². The van der Waals surface area contributed by atoms with E-state index < -0.39 is 35.0 Å². The predicted molar refractivity (Wildman–Crippen MR) is 138 cm³/mol. The minimum Gasteiger partial charge on any atom is -0.497 e. The molecule has 1 N–H and O–H groups in total. The number of esters is 1. The molecule has 0 saturated carbocycles. The van der Waals surface area contributed by atoms with Crippen LogP contribution in [0.4, 0.5) is 18.9 Å². The highest BCUT2D eigenvalue weighted by Crippen LogP contribution is 2.54. The molecule has 8 nitrogen and oxygen atoms in total. The number of hydrogen-bond donors (Lipinski definition) is 1. The molecule has 0 amide bonds. The fourth-order valence-corrected chi connectivity index (χ4v) is 4.35. The first-order valence-electron chi connectivity index (χ1n) is 11.8. The second-order valence-corrected chi connectivity index (χ2v) is 8.71. The highest BCUT2D eigenvalue weighted by atomic mass is 19.4. The third-order valence-corrected chi connectivity index (χ3v) is 6.27. The minimum absolute atomic E-state index is 0.277. The highest BCUT2D eigenvalue weighted by molar-refractivity contribution is 5.96. The lowest BCUT2D eigenvalue weighted by atomic mass is 9.81. The van der Waals surface area contributed by atoms with Gasteiger partial charge in [-0.15, -0.1) is 0 Å². The van der Waals surface area contributed by atoms with Crippen LogP contribution in [0.1, 0.15) is 27.2 Å². The van der Waals surface area contributed by atoms with Crippen molar-refractivity contribution in [3.8, 4) is 17.3 Å². The number of methoxy groups -OCH3 is 2. The molecule has 0 unspecified atom stereocenters. The normalized spacial score (nSPS) is 16.5. The Hall–Kier alpha value is -4.80. The molecule has 0 fully saturated rings. The molecule has 0 radical (unpaired) electrons. The molecular weight excluding hydrogens is 513 g/mol. The van der Waals surface area contributed by atoms with E-state index in [0.717, 1.165) is 17.4 Å². The molecule has 200 valence electrons. The minimum atomic E-state index is -5.05. The molecule has 1 aliphatic rings. The number of nitrogens with zero attached hydrogens (tertiary/aromatic N) is 3. The number of carbonyl (C=O) groups is 1. The highest BCUT2D eigenvalue weighted by Gasteiger charge is 2.64. The number of fused-ring (bicyclic) bond motifs is 1. The van der Waals surface area contributed by atoms with Crippen LogP contribution in [0.2, 0.25) is 0 Å². The van der Waals surface area contributed by atoms with Gasteiger partial charge >= 0.3 is 12.1 Å². The van der Waals surface area contributed by atoms with Crippen molar-refractivity contribution in [3.63, 3.8) is 0 Å². The van der Waals surface area contributed by atoms with Crippen LogP contribution < -0.4 is 14.8 Å². The smallest absolute Gasteiger partial charge is 0.422 e. The summed E-state index contributed by atoms with van der Waals surface area (Å²) in [4.78, 5) is 17.0. The maximum atomic E-state index is 15.5. The van der Waals surface area contributed by atoms with E-state index in [0.29, 0.717) is 17.1 Å². The van der Waals surface area contributed by atoms with Gasteiger partial charge in [0.2, 0.25) is 11.4 Å². The molecule has 5 rings (SSSR count). The molecule has 0 aliphatic carbocycles. The quantitative estimate of drug-likeness (QED) is 0.332. The zero-order chi connectivity index (χ0) is 27.8. The summed E-state index contributed by atoms with van der Waals surface area (Å²) in [7, 11) is 2.47. The van der Waals surface area contributed by atoms with Crippen molar-refractivity contribution in [3.05, 3.63) is 101 Å². The number of ether oxygens (including phenoxy) is 3. The largest absolute Gasteiger partial charge is 0.497 e. The van der Waals surface area contributed by atoms with E-state index in [-0.39, 0.29) is 11.4 Å². The van der Waals surface area contributed by atoms with E-state index in [1.165, 1.54) is 31.4 Å². The molecule has 4 aromatic rings. The number of aromatic nitrogens is 2. The van der Waals surface area contributed by atoms with Crippen LogP contribution in [0, 0.1) is 6.92 Å².